The fourth-order valence-electron chi connectivity index (χ4n) is 2.06. The van der Waals surface area contributed by atoms with E-state index in [1.165, 1.54) is 6.42 Å². The van der Waals surface area contributed by atoms with Crippen LogP contribution in [0, 0.1) is 5.41 Å². The van der Waals surface area contributed by atoms with Crippen LogP contribution in [-0.2, 0) is 9.53 Å². The van der Waals surface area contributed by atoms with E-state index < -0.39 is 0 Å². The maximum Gasteiger partial charge on any atom is 0.323 e. The molecule has 0 aromatic rings. The Morgan fingerprint density at radius 2 is 2.42 bits per heavy atom. The fraction of sp³-hybridized carbons (Fsp3) is 0.889. The first-order valence-corrected chi connectivity index (χ1v) is 4.58. The van der Waals surface area contributed by atoms with Gasteiger partial charge in [-0.25, -0.2) is 0 Å². The molecule has 0 amide bonds. The van der Waals surface area contributed by atoms with E-state index in [2.05, 4.69) is 12.2 Å². The van der Waals surface area contributed by atoms with Crippen LogP contribution in [0.3, 0.4) is 0 Å². The highest BCUT2D eigenvalue weighted by atomic mass is 16.5. The molecule has 3 atom stereocenters. The van der Waals surface area contributed by atoms with Gasteiger partial charge >= 0.3 is 5.97 Å². The summed E-state index contributed by atoms with van der Waals surface area (Å²) in [7, 11) is 0. The number of esters is 1. The fourth-order valence-corrected chi connectivity index (χ4v) is 2.06. The van der Waals surface area contributed by atoms with Crippen LogP contribution in [0.25, 0.3) is 0 Å². The standard InChI is InChI=1S/C9H15NO2/c1-3-12-8(11)6-4-9(2)5-7(9)10-6/h6-7,10H,3-5H2,1-2H3/t6?,7-,9+/m0/s1. The largest absolute Gasteiger partial charge is 0.465 e. The van der Waals surface area contributed by atoms with E-state index in [0.717, 1.165) is 6.42 Å². The van der Waals surface area contributed by atoms with Crippen molar-refractivity contribution < 1.29 is 9.53 Å². The average molecular weight is 169 g/mol. The molecule has 12 heavy (non-hydrogen) atoms. The van der Waals surface area contributed by atoms with Crippen molar-refractivity contribution in [1.82, 2.24) is 5.32 Å². The number of nitrogens with one attached hydrogen (secondary N) is 1. The van der Waals surface area contributed by atoms with Gasteiger partial charge in [-0.05, 0) is 25.2 Å². The molecule has 68 valence electrons. The third-order valence-electron chi connectivity index (χ3n) is 3.00. The maximum absolute atomic E-state index is 11.3. The lowest BCUT2D eigenvalue weighted by Crippen LogP contribution is -2.35. The van der Waals surface area contributed by atoms with Gasteiger partial charge in [0.15, 0.2) is 0 Å². The number of rotatable bonds is 2. The molecule has 1 saturated carbocycles. The Morgan fingerprint density at radius 3 is 2.92 bits per heavy atom. The summed E-state index contributed by atoms with van der Waals surface area (Å²) in [5.41, 5.74) is 0.400. The lowest BCUT2D eigenvalue weighted by atomic mass is 10.0. The van der Waals surface area contributed by atoms with Gasteiger partial charge in [0.2, 0.25) is 0 Å². The summed E-state index contributed by atoms with van der Waals surface area (Å²) >= 11 is 0. The zero-order valence-corrected chi connectivity index (χ0v) is 7.59. The number of carbonyl (C=O) groups excluding carboxylic acids is 1. The van der Waals surface area contributed by atoms with Crippen LogP contribution in [0.2, 0.25) is 0 Å². The van der Waals surface area contributed by atoms with E-state index >= 15 is 0 Å². The molecule has 0 aromatic heterocycles. The van der Waals surface area contributed by atoms with Crippen LogP contribution in [0.4, 0.5) is 0 Å². The van der Waals surface area contributed by atoms with Gasteiger partial charge in [-0.15, -0.1) is 0 Å². The second-order valence-electron chi connectivity index (χ2n) is 4.09. The number of carbonyl (C=O) groups is 1. The van der Waals surface area contributed by atoms with Crippen molar-refractivity contribution >= 4 is 5.97 Å². The molecule has 1 aliphatic heterocycles. The Bertz CT molecular complexity index is 217. The number of fused-ring (bicyclic) bond motifs is 1. The minimum absolute atomic E-state index is 0.0336. The molecular weight excluding hydrogens is 154 g/mol. The van der Waals surface area contributed by atoms with Crippen LogP contribution in [-0.4, -0.2) is 24.7 Å². The lowest BCUT2D eigenvalue weighted by molar-refractivity contribution is -0.145. The zero-order chi connectivity index (χ0) is 8.77. The Hall–Kier alpha value is -0.570. The second-order valence-corrected chi connectivity index (χ2v) is 4.09. The Balaban J connectivity index is 1.88. The Morgan fingerprint density at radius 1 is 1.67 bits per heavy atom. The molecule has 1 heterocycles. The minimum atomic E-state index is -0.0778. The first-order chi connectivity index (χ1) is 5.65. The molecule has 0 spiro atoms. The smallest absolute Gasteiger partial charge is 0.323 e. The Kier molecular flexibility index (Phi) is 1.65. The molecule has 0 bridgehead atoms. The molecule has 1 saturated heterocycles. The van der Waals surface area contributed by atoms with Crippen molar-refractivity contribution in [3.63, 3.8) is 0 Å². The van der Waals surface area contributed by atoms with Gasteiger partial charge in [-0.1, -0.05) is 6.92 Å². The third-order valence-corrected chi connectivity index (χ3v) is 3.00. The Labute approximate surface area is 72.5 Å². The summed E-state index contributed by atoms with van der Waals surface area (Å²) in [6, 6.07) is 0.542. The number of ether oxygens (including phenoxy) is 1. The molecule has 2 aliphatic rings. The van der Waals surface area contributed by atoms with E-state index in [0.29, 0.717) is 18.1 Å². The van der Waals surface area contributed by atoms with Gasteiger partial charge in [0, 0.05) is 6.04 Å². The molecular formula is C9H15NO2. The van der Waals surface area contributed by atoms with E-state index in [9.17, 15) is 4.79 Å². The highest BCUT2D eigenvalue weighted by Crippen LogP contribution is 2.53. The summed E-state index contributed by atoms with van der Waals surface area (Å²) in [5.74, 6) is -0.0778. The number of hydrogen-bond acceptors (Lipinski definition) is 3. The van der Waals surface area contributed by atoms with E-state index in [4.69, 9.17) is 4.74 Å². The molecule has 3 heteroatoms. The average Bonchev–Trinajstić information content (AvgIpc) is 2.51. The SMILES string of the molecule is CCOC(=O)C1C[C@]2(C)C[C@@H]2N1. The molecule has 1 aliphatic carbocycles. The van der Waals surface area contributed by atoms with Gasteiger partial charge in [-0.3, -0.25) is 4.79 Å². The van der Waals surface area contributed by atoms with Gasteiger partial charge in [0.05, 0.1) is 6.61 Å². The monoisotopic (exact) mass is 169 g/mol. The normalized spacial score (nSPS) is 43.8. The van der Waals surface area contributed by atoms with E-state index in [1.54, 1.807) is 0 Å². The summed E-state index contributed by atoms with van der Waals surface area (Å²) in [6.45, 7) is 4.55. The third kappa shape index (κ3) is 1.12. The van der Waals surface area contributed by atoms with Crippen LogP contribution in [0.15, 0.2) is 0 Å². The van der Waals surface area contributed by atoms with Crippen LogP contribution in [0.5, 0.6) is 0 Å². The van der Waals surface area contributed by atoms with Crippen molar-refractivity contribution in [3.8, 4) is 0 Å². The molecule has 2 rings (SSSR count). The van der Waals surface area contributed by atoms with Crippen LogP contribution < -0.4 is 5.32 Å². The highest BCUT2D eigenvalue weighted by molar-refractivity contribution is 5.76. The maximum atomic E-state index is 11.3. The van der Waals surface area contributed by atoms with Crippen molar-refractivity contribution in [2.75, 3.05) is 6.61 Å². The first-order valence-electron chi connectivity index (χ1n) is 4.58. The predicted molar refractivity (Wildman–Crippen MR) is 44.7 cm³/mol. The summed E-state index contributed by atoms with van der Waals surface area (Å²) in [5, 5.41) is 3.28. The molecule has 3 nitrogen and oxygen atoms in total. The van der Waals surface area contributed by atoms with Gasteiger partial charge in [0.25, 0.3) is 0 Å². The molecule has 1 unspecified atom stereocenters. The first kappa shape index (κ1) is 8.05. The highest BCUT2D eigenvalue weighted by Gasteiger charge is 2.58. The minimum Gasteiger partial charge on any atom is -0.465 e. The van der Waals surface area contributed by atoms with Gasteiger partial charge in [-0.2, -0.15) is 0 Å². The van der Waals surface area contributed by atoms with Gasteiger partial charge in [0.1, 0.15) is 6.04 Å². The van der Waals surface area contributed by atoms with Crippen molar-refractivity contribution in [3.05, 3.63) is 0 Å². The van der Waals surface area contributed by atoms with Gasteiger partial charge < -0.3 is 10.1 Å². The number of piperidine rings is 1. The summed E-state index contributed by atoms with van der Waals surface area (Å²) in [4.78, 5) is 11.3. The van der Waals surface area contributed by atoms with E-state index in [-0.39, 0.29) is 12.0 Å². The number of hydrogen-bond donors (Lipinski definition) is 1. The quantitative estimate of drug-likeness (QED) is 0.618. The van der Waals surface area contributed by atoms with E-state index in [1.807, 2.05) is 6.92 Å². The zero-order valence-electron chi connectivity index (χ0n) is 7.59. The van der Waals surface area contributed by atoms with Crippen molar-refractivity contribution in [1.29, 1.82) is 0 Å². The molecule has 0 radical (unpaired) electrons. The van der Waals surface area contributed by atoms with Crippen molar-refractivity contribution in [2.45, 2.75) is 38.8 Å². The summed E-state index contributed by atoms with van der Waals surface area (Å²) in [6.07, 6.45) is 2.18. The molecule has 2 fully saturated rings. The molecule has 0 aromatic carbocycles. The van der Waals surface area contributed by atoms with Crippen LogP contribution >= 0.6 is 0 Å². The van der Waals surface area contributed by atoms with Crippen LogP contribution in [0.1, 0.15) is 26.7 Å². The van der Waals surface area contributed by atoms with Crippen molar-refractivity contribution in [2.24, 2.45) is 5.41 Å². The lowest BCUT2D eigenvalue weighted by Gasteiger charge is -2.12. The topological polar surface area (TPSA) is 38.3 Å². The summed E-state index contributed by atoms with van der Waals surface area (Å²) < 4.78 is 4.94. The molecule has 1 N–H and O–H groups in total. The second kappa shape index (κ2) is 2.46. The predicted octanol–water partition coefficient (Wildman–Crippen LogP) is 0.690.